The van der Waals surface area contributed by atoms with Crippen molar-refractivity contribution in [1.29, 1.82) is 0 Å². The molecule has 12 heteroatoms. The van der Waals surface area contributed by atoms with Gasteiger partial charge in [-0.05, 0) is 54.3 Å². The summed E-state index contributed by atoms with van der Waals surface area (Å²) in [5, 5.41) is 18.2. The molecule has 39 heavy (non-hydrogen) atoms. The summed E-state index contributed by atoms with van der Waals surface area (Å²) in [6.07, 6.45) is -1.42. The van der Waals surface area contributed by atoms with Crippen LogP contribution in [-0.4, -0.2) is 58.4 Å². The summed E-state index contributed by atoms with van der Waals surface area (Å²) in [6, 6.07) is 10.3. The van der Waals surface area contributed by atoms with Crippen LogP contribution in [0.3, 0.4) is 0 Å². The Morgan fingerprint density at radius 1 is 1.28 bits per heavy atom. The third kappa shape index (κ3) is 5.90. The molecule has 1 fully saturated rings. The van der Waals surface area contributed by atoms with Crippen molar-refractivity contribution >= 4 is 23.8 Å². The molecule has 3 heterocycles. The number of hydrogen-bond donors (Lipinski definition) is 2. The molecule has 0 spiro atoms. The van der Waals surface area contributed by atoms with Crippen molar-refractivity contribution < 1.29 is 27.9 Å². The molecule has 9 nitrogen and oxygen atoms in total. The SMILES string of the molecule is CC(Cc1nncn1C)c1cccc(N2Cc3c(cc(N(C)C4CCNC4)cc3C(F)(F)F)C2=O)c1.O=CO. The summed E-state index contributed by atoms with van der Waals surface area (Å²) >= 11 is 0. The number of amides is 1. The van der Waals surface area contributed by atoms with Crippen molar-refractivity contribution in [2.24, 2.45) is 7.05 Å². The van der Waals surface area contributed by atoms with Gasteiger partial charge in [-0.2, -0.15) is 13.2 Å². The predicted molar refractivity (Wildman–Crippen MR) is 140 cm³/mol. The number of likely N-dealkylation sites (N-methyl/N-ethyl adjacent to an activating group) is 1. The van der Waals surface area contributed by atoms with Gasteiger partial charge >= 0.3 is 6.18 Å². The Hall–Kier alpha value is -3.93. The van der Waals surface area contributed by atoms with Crippen LogP contribution in [0.15, 0.2) is 42.7 Å². The molecule has 2 unspecified atom stereocenters. The average Bonchev–Trinajstić information content (AvgIpc) is 3.65. The van der Waals surface area contributed by atoms with Crippen LogP contribution in [0.2, 0.25) is 0 Å². The van der Waals surface area contributed by atoms with Crippen LogP contribution in [0.1, 0.15) is 52.1 Å². The third-order valence-corrected chi connectivity index (χ3v) is 7.37. The van der Waals surface area contributed by atoms with E-state index in [0.717, 1.165) is 24.4 Å². The number of carboxylic acid groups (broad SMARTS) is 1. The molecule has 0 radical (unpaired) electrons. The number of fused-ring (bicyclic) bond motifs is 1. The summed E-state index contributed by atoms with van der Waals surface area (Å²) in [7, 11) is 3.67. The van der Waals surface area contributed by atoms with Crippen LogP contribution in [-0.2, 0) is 31.0 Å². The van der Waals surface area contributed by atoms with Crippen LogP contribution in [0, 0.1) is 0 Å². The highest BCUT2D eigenvalue weighted by Crippen LogP contribution is 2.41. The molecule has 1 amide bonds. The van der Waals surface area contributed by atoms with Gasteiger partial charge in [0.05, 0.1) is 12.1 Å². The van der Waals surface area contributed by atoms with Gasteiger partial charge in [-0.25, -0.2) is 0 Å². The molecule has 2 aromatic carbocycles. The molecule has 0 saturated carbocycles. The van der Waals surface area contributed by atoms with Gasteiger partial charge in [0.2, 0.25) is 0 Å². The normalized spacial score (nSPS) is 17.4. The number of anilines is 2. The van der Waals surface area contributed by atoms with Crippen molar-refractivity contribution in [2.75, 3.05) is 29.9 Å². The zero-order valence-corrected chi connectivity index (χ0v) is 21.9. The minimum atomic E-state index is -4.56. The Kier molecular flexibility index (Phi) is 8.24. The number of hydrogen-bond acceptors (Lipinski definition) is 6. The second kappa shape index (κ2) is 11.4. The van der Waals surface area contributed by atoms with Crippen molar-refractivity contribution in [3.63, 3.8) is 0 Å². The van der Waals surface area contributed by atoms with Crippen LogP contribution in [0.5, 0.6) is 0 Å². The lowest BCUT2D eigenvalue weighted by Crippen LogP contribution is -2.33. The maximum atomic E-state index is 14.1. The van der Waals surface area contributed by atoms with Crippen LogP contribution < -0.4 is 15.1 Å². The highest BCUT2D eigenvalue weighted by atomic mass is 19.4. The summed E-state index contributed by atoms with van der Waals surface area (Å²) in [5.41, 5.74) is 1.39. The topological polar surface area (TPSA) is 104 Å². The number of benzene rings is 2. The lowest BCUT2D eigenvalue weighted by molar-refractivity contribution is -0.138. The number of aryl methyl sites for hydroxylation is 1. The van der Waals surface area contributed by atoms with Crippen molar-refractivity contribution in [3.05, 3.63) is 70.8 Å². The van der Waals surface area contributed by atoms with E-state index in [1.807, 2.05) is 34.7 Å². The second-order valence-electron chi connectivity index (χ2n) is 9.83. The van der Waals surface area contributed by atoms with Gasteiger partial charge in [-0.15, -0.1) is 10.2 Å². The maximum absolute atomic E-state index is 14.1. The average molecular weight is 545 g/mol. The molecule has 1 saturated heterocycles. The van der Waals surface area contributed by atoms with Gasteiger partial charge in [0.25, 0.3) is 12.4 Å². The molecule has 2 aliphatic rings. The van der Waals surface area contributed by atoms with Gasteiger partial charge in [0.15, 0.2) is 0 Å². The van der Waals surface area contributed by atoms with Crippen LogP contribution in [0.4, 0.5) is 24.5 Å². The lowest BCUT2D eigenvalue weighted by atomic mass is 9.97. The summed E-state index contributed by atoms with van der Waals surface area (Å²) in [6.45, 7) is 3.22. The van der Waals surface area contributed by atoms with Gasteiger partial charge in [-0.1, -0.05) is 19.1 Å². The molecular weight excluding hydrogens is 513 g/mol. The predicted octanol–water partition coefficient (Wildman–Crippen LogP) is 3.84. The first-order chi connectivity index (χ1) is 18.5. The molecule has 0 aliphatic carbocycles. The fraction of sp³-hybridized carbons (Fsp3) is 0.407. The molecule has 0 bridgehead atoms. The van der Waals surface area contributed by atoms with E-state index in [0.29, 0.717) is 24.3 Å². The van der Waals surface area contributed by atoms with Gasteiger partial charge in [0, 0.05) is 50.0 Å². The van der Waals surface area contributed by atoms with Crippen LogP contribution >= 0.6 is 0 Å². The zero-order valence-electron chi connectivity index (χ0n) is 21.9. The monoisotopic (exact) mass is 544 g/mol. The van der Waals surface area contributed by atoms with E-state index >= 15 is 0 Å². The smallest absolute Gasteiger partial charge is 0.416 e. The highest BCUT2D eigenvalue weighted by molar-refractivity contribution is 6.11. The number of nitrogens with one attached hydrogen (secondary N) is 1. The van der Waals surface area contributed by atoms with E-state index < -0.39 is 17.6 Å². The van der Waals surface area contributed by atoms with Crippen molar-refractivity contribution in [1.82, 2.24) is 20.1 Å². The first-order valence-electron chi connectivity index (χ1n) is 12.5. The largest absolute Gasteiger partial charge is 0.483 e. The number of carbonyl (C=O) groups excluding carboxylic acids is 1. The number of halogens is 3. The Balaban J connectivity index is 0.00000112. The molecule has 208 valence electrons. The summed E-state index contributed by atoms with van der Waals surface area (Å²) in [4.78, 5) is 25.1. The van der Waals surface area contributed by atoms with E-state index in [9.17, 15) is 18.0 Å². The minimum absolute atomic E-state index is 0.0340. The lowest BCUT2D eigenvalue weighted by Gasteiger charge is -2.27. The Morgan fingerprint density at radius 2 is 2.03 bits per heavy atom. The first-order valence-corrected chi connectivity index (χ1v) is 12.5. The summed E-state index contributed by atoms with van der Waals surface area (Å²) < 4.78 is 44.2. The third-order valence-electron chi connectivity index (χ3n) is 7.37. The van der Waals surface area contributed by atoms with E-state index in [1.54, 1.807) is 25.5 Å². The van der Waals surface area contributed by atoms with Crippen molar-refractivity contribution in [2.45, 2.75) is 44.4 Å². The number of alkyl halides is 3. The quantitative estimate of drug-likeness (QED) is 0.455. The Morgan fingerprint density at radius 3 is 2.64 bits per heavy atom. The first kappa shape index (κ1) is 28.1. The van der Waals surface area contributed by atoms with E-state index in [1.165, 1.54) is 11.0 Å². The fourth-order valence-electron chi connectivity index (χ4n) is 5.12. The molecule has 3 aromatic rings. The number of nitrogens with zero attached hydrogens (tertiary/aromatic N) is 5. The zero-order chi connectivity index (χ0) is 28.3. The van der Waals surface area contributed by atoms with Gasteiger partial charge in [-0.3, -0.25) is 9.59 Å². The van der Waals surface area contributed by atoms with Gasteiger partial charge < -0.3 is 24.8 Å². The Labute approximate surface area is 224 Å². The standard InChI is InChI=1S/C26H29F3N6O.CH2O2/c1-16(9-24-32-31-15-33(24)2)17-5-4-6-18(10-17)35-14-22-21(25(35)36)11-20(12-23(22)26(27,28)29)34(3)19-7-8-30-13-19;2-1-3/h4-6,10-12,15-16,19,30H,7-9,13-14H2,1-3H3;1H,(H,2,3). The maximum Gasteiger partial charge on any atom is 0.416 e. The number of rotatable bonds is 6. The van der Waals surface area contributed by atoms with Crippen molar-refractivity contribution in [3.8, 4) is 0 Å². The molecule has 5 rings (SSSR count). The highest BCUT2D eigenvalue weighted by Gasteiger charge is 2.41. The van der Waals surface area contributed by atoms with Gasteiger partial charge in [0.1, 0.15) is 12.2 Å². The molecule has 2 N–H and O–H groups in total. The van der Waals surface area contributed by atoms with Crippen LogP contribution in [0.25, 0.3) is 0 Å². The molecule has 2 atom stereocenters. The molecule has 2 aliphatic heterocycles. The minimum Gasteiger partial charge on any atom is -0.483 e. The second-order valence-corrected chi connectivity index (χ2v) is 9.83. The molecular formula is C27H31F3N6O3. The molecule has 1 aromatic heterocycles. The Bertz CT molecular complexity index is 1340. The van der Waals surface area contributed by atoms with E-state index in [4.69, 9.17) is 9.90 Å². The number of carbonyl (C=O) groups is 2. The number of aromatic nitrogens is 3. The van der Waals surface area contributed by atoms with E-state index in [2.05, 4.69) is 22.4 Å². The fourth-order valence-corrected chi connectivity index (χ4v) is 5.12. The van der Waals surface area contributed by atoms with E-state index in [-0.39, 0.29) is 36.1 Å². The summed E-state index contributed by atoms with van der Waals surface area (Å²) in [5.74, 6) is 0.508.